The van der Waals surface area contributed by atoms with E-state index in [0.717, 1.165) is 18.4 Å². The molecule has 0 unspecified atom stereocenters. The number of ether oxygens (including phenoxy) is 3. The zero-order valence-electron chi connectivity index (χ0n) is 14.7. The number of hydrogen-bond donors (Lipinski definition) is 1. The van der Waals surface area contributed by atoms with Crippen LogP contribution < -0.4 is 9.47 Å². The first-order valence-electron chi connectivity index (χ1n) is 8.27. The fourth-order valence-corrected chi connectivity index (χ4v) is 2.52. The van der Waals surface area contributed by atoms with Gasteiger partial charge < -0.3 is 19.3 Å². The van der Waals surface area contributed by atoms with Crippen LogP contribution in [0.4, 0.5) is 0 Å². The first kappa shape index (κ1) is 18.6. The molecule has 0 radical (unpaired) electrons. The number of hydrogen-bond acceptors (Lipinski definition) is 5. The Hall–Kier alpha value is -2.69. The van der Waals surface area contributed by atoms with Gasteiger partial charge >= 0.3 is 5.97 Å². The summed E-state index contributed by atoms with van der Waals surface area (Å²) in [6, 6.07) is 13.5. The molecule has 0 amide bonds. The van der Waals surface area contributed by atoms with Gasteiger partial charge in [0, 0.05) is 6.42 Å². The van der Waals surface area contributed by atoms with Gasteiger partial charge in [-0.1, -0.05) is 30.3 Å². The number of phenolic OH excluding ortho intramolecular Hbond substituents is 1. The Kier molecular flexibility index (Phi) is 7.14. The molecule has 0 aliphatic rings. The van der Waals surface area contributed by atoms with Crippen molar-refractivity contribution in [2.24, 2.45) is 0 Å². The molecule has 0 aliphatic carbocycles. The lowest BCUT2D eigenvalue weighted by molar-refractivity contribution is -0.143. The van der Waals surface area contributed by atoms with E-state index in [9.17, 15) is 9.90 Å². The molecule has 5 heteroatoms. The van der Waals surface area contributed by atoms with Crippen molar-refractivity contribution in [3.8, 4) is 17.2 Å². The fourth-order valence-electron chi connectivity index (χ4n) is 2.52. The minimum absolute atomic E-state index is 0.0442. The molecule has 0 aromatic heterocycles. The molecule has 2 aromatic carbocycles. The summed E-state index contributed by atoms with van der Waals surface area (Å²) >= 11 is 0. The van der Waals surface area contributed by atoms with E-state index in [1.807, 2.05) is 18.2 Å². The molecule has 0 fully saturated rings. The molecular weight excluding hydrogens is 320 g/mol. The van der Waals surface area contributed by atoms with Crippen LogP contribution in [0.1, 0.15) is 24.0 Å². The van der Waals surface area contributed by atoms with E-state index in [-0.39, 0.29) is 18.1 Å². The topological polar surface area (TPSA) is 65.0 Å². The zero-order valence-corrected chi connectivity index (χ0v) is 14.7. The van der Waals surface area contributed by atoms with Gasteiger partial charge in [-0.3, -0.25) is 4.79 Å². The van der Waals surface area contributed by atoms with E-state index in [0.29, 0.717) is 24.5 Å². The van der Waals surface area contributed by atoms with Gasteiger partial charge in [0.05, 0.1) is 20.8 Å². The van der Waals surface area contributed by atoms with Crippen LogP contribution in [0.3, 0.4) is 0 Å². The molecular formula is C20H24O5. The highest BCUT2D eigenvalue weighted by molar-refractivity contribution is 5.69. The molecule has 0 spiro atoms. The minimum Gasteiger partial charge on any atom is -0.502 e. The predicted molar refractivity (Wildman–Crippen MR) is 95.3 cm³/mol. The molecule has 2 aromatic rings. The van der Waals surface area contributed by atoms with Crippen LogP contribution in [-0.4, -0.2) is 31.9 Å². The van der Waals surface area contributed by atoms with E-state index in [4.69, 9.17) is 14.2 Å². The number of methoxy groups -OCH3 is 2. The number of benzene rings is 2. The Morgan fingerprint density at radius 2 is 1.60 bits per heavy atom. The minimum atomic E-state index is -0.237. The highest BCUT2D eigenvalue weighted by Crippen LogP contribution is 2.37. The number of carbonyl (C=O) groups excluding carboxylic acids is 1. The van der Waals surface area contributed by atoms with Crippen molar-refractivity contribution in [1.29, 1.82) is 0 Å². The van der Waals surface area contributed by atoms with Crippen molar-refractivity contribution < 1.29 is 24.1 Å². The van der Waals surface area contributed by atoms with Crippen LogP contribution in [0, 0.1) is 0 Å². The third-order valence-corrected chi connectivity index (χ3v) is 3.87. The lowest BCUT2D eigenvalue weighted by atomic mass is 10.1. The van der Waals surface area contributed by atoms with Crippen molar-refractivity contribution in [1.82, 2.24) is 0 Å². The maximum Gasteiger partial charge on any atom is 0.306 e. The van der Waals surface area contributed by atoms with Gasteiger partial charge in [0.2, 0.25) is 5.75 Å². The molecule has 25 heavy (non-hydrogen) atoms. The lowest BCUT2D eigenvalue weighted by Gasteiger charge is -2.11. The Labute approximate surface area is 148 Å². The SMILES string of the molecule is COc1cc(CCC(=O)OCCCc2ccccc2)cc(OC)c1O. The second kappa shape index (κ2) is 9.57. The van der Waals surface area contributed by atoms with Crippen LogP contribution in [0.2, 0.25) is 0 Å². The zero-order chi connectivity index (χ0) is 18.1. The average Bonchev–Trinajstić information content (AvgIpc) is 2.65. The van der Waals surface area contributed by atoms with Crippen molar-refractivity contribution in [3.05, 3.63) is 53.6 Å². The molecule has 2 rings (SSSR count). The molecule has 134 valence electrons. The number of carbonyl (C=O) groups is 1. The smallest absolute Gasteiger partial charge is 0.306 e. The van der Waals surface area contributed by atoms with Crippen LogP contribution in [-0.2, 0) is 22.4 Å². The lowest BCUT2D eigenvalue weighted by Crippen LogP contribution is -2.08. The average molecular weight is 344 g/mol. The summed E-state index contributed by atoms with van der Waals surface area (Å²) in [5.74, 6) is 0.368. The highest BCUT2D eigenvalue weighted by atomic mass is 16.5. The number of rotatable bonds is 9. The quantitative estimate of drug-likeness (QED) is 0.557. The number of aromatic hydroxyl groups is 1. The third kappa shape index (κ3) is 5.71. The summed E-state index contributed by atoms with van der Waals surface area (Å²) < 4.78 is 15.5. The monoisotopic (exact) mass is 344 g/mol. The van der Waals surface area contributed by atoms with Gasteiger partial charge in [-0.15, -0.1) is 0 Å². The summed E-state index contributed by atoms with van der Waals surface area (Å²) in [5.41, 5.74) is 2.08. The van der Waals surface area contributed by atoms with E-state index in [1.165, 1.54) is 19.8 Å². The Morgan fingerprint density at radius 1 is 0.960 bits per heavy atom. The summed E-state index contributed by atoms with van der Waals surface area (Å²) in [4.78, 5) is 11.9. The maximum atomic E-state index is 11.9. The van der Waals surface area contributed by atoms with Crippen LogP contribution in [0.25, 0.3) is 0 Å². The van der Waals surface area contributed by atoms with Crippen LogP contribution in [0.5, 0.6) is 17.2 Å². The van der Waals surface area contributed by atoms with Gasteiger partial charge in [0.15, 0.2) is 11.5 Å². The molecule has 0 heterocycles. The second-order valence-corrected chi connectivity index (χ2v) is 5.66. The number of esters is 1. The standard InChI is InChI=1S/C20H24O5/c1-23-17-13-16(14-18(24-2)20(17)22)10-11-19(21)25-12-6-9-15-7-4-3-5-8-15/h3-5,7-8,13-14,22H,6,9-12H2,1-2H3. The van der Waals surface area contributed by atoms with Gasteiger partial charge in [0.1, 0.15) is 0 Å². The molecule has 1 N–H and O–H groups in total. The maximum absolute atomic E-state index is 11.9. The fraction of sp³-hybridized carbons (Fsp3) is 0.350. The van der Waals surface area contributed by atoms with E-state index in [2.05, 4.69) is 12.1 Å². The number of phenols is 1. The summed E-state index contributed by atoms with van der Waals surface area (Å²) in [7, 11) is 2.94. The summed E-state index contributed by atoms with van der Waals surface area (Å²) in [6.45, 7) is 0.413. The van der Waals surface area contributed by atoms with Crippen molar-refractivity contribution in [3.63, 3.8) is 0 Å². The largest absolute Gasteiger partial charge is 0.502 e. The van der Waals surface area contributed by atoms with Crippen molar-refractivity contribution >= 4 is 5.97 Å². The predicted octanol–water partition coefficient (Wildman–Crippen LogP) is 3.52. The molecule has 0 aliphatic heterocycles. The van der Waals surface area contributed by atoms with Crippen LogP contribution in [0.15, 0.2) is 42.5 Å². The van der Waals surface area contributed by atoms with Gasteiger partial charge in [-0.25, -0.2) is 0 Å². The first-order chi connectivity index (χ1) is 12.1. The third-order valence-electron chi connectivity index (χ3n) is 3.87. The van der Waals surface area contributed by atoms with E-state index < -0.39 is 0 Å². The summed E-state index contributed by atoms with van der Waals surface area (Å²) in [6.07, 6.45) is 2.45. The Bertz CT molecular complexity index is 657. The molecule has 0 saturated carbocycles. The Balaban J connectivity index is 1.76. The Morgan fingerprint density at radius 3 is 2.20 bits per heavy atom. The first-order valence-corrected chi connectivity index (χ1v) is 8.27. The molecule has 5 nitrogen and oxygen atoms in total. The van der Waals surface area contributed by atoms with Gasteiger partial charge in [-0.2, -0.15) is 0 Å². The van der Waals surface area contributed by atoms with E-state index >= 15 is 0 Å². The molecule has 0 saturated heterocycles. The normalized spacial score (nSPS) is 10.3. The van der Waals surface area contributed by atoms with Crippen LogP contribution >= 0.6 is 0 Å². The van der Waals surface area contributed by atoms with E-state index in [1.54, 1.807) is 12.1 Å². The molecule has 0 atom stereocenters. The van der Waals surface area contributed by atoms with Crippen molar-refractivity contribution in [2.45, 2.75) is 25.7 Å². The summed E-state index contributed by atoms with van der Waals surface area (Å²) in [5, 5.41) is 9.89. The van der Waals surface area contributed by atoms with Gasteiger partial charge in [0.25, 0.3) is 0 Å². The second-order valence-electron chi connectivity index (χ2n) is 5.66. The molecule has 0 bridgehead atoms. The van der Waals surface area contributed by atoms with Crippen molar-refractivity contribution in [2.75, 3.05) is 20.8 Å². The number of aryl methyl sites for hydroxylation is 2. The highest BCUT2D eigenvalue weighted by Gasteiger charge is 2.12. The van der Waals surface area contributed by atoms with Gasteiger partial charge in [-0.05, 0) is 42.5 Å².